The van der Waals surface area contributed by atoms with Crippen LogP contribution in [0.15, 0.2) is 48.0 Å². The van der Waals surface area contributed by atoms with Crippen LogP contribution >= 0.6 is 24.8 Å². The molecule has 2 aromatic rings. The van der Waals surface area contributed by atoms with E-state index in [-0.39, 0.29) is 54.7 Å². The highest BCUT2D eigenvalue weighted by molar-refractivity contribution is 5.85. The summed E-state index contributed by atoms with van der Waals surface area (Å²) < 4.78 is 58.5. The van der Waals surface area contributed by atoms with Crippen molar-refractivity contribution in [2.45, 2.75) is 39.0 Å². The minimum absolute atomic E-state index is 0. The molecular formula is C24H30Cl2F3N3O4. The van der Waals surface area contributed by atoms with Gasteiger partial charge in [0.25, 0.3) is 0 Å². The maximum Gasteiger partial charge on any atom is 0.513 e. The number of nitrogens with zero attached hydrogens (tertiary/aromatic N) is 2. The minimum atomic E-state index is -4.63. The first-order valence-corrected chi connectivity index (χ1v) is 10.8. The molecule has 1 N–H and O–H groups in total. The van der Waals surface area contributed by atoms with Crippen LogP contribution in [0.5, 0.6) is 5.88 Å². The quantitative estimate of drug-likeness (QED) is 0.408. The number of fused-ring (bicyclic) bond motifs is 1. The van der Waals surface area contributed by atoms with Gasteiger partial charge in [-0.15, -0.1) is 24.8 Å². The molecule has 36 heavy (non-hydrogen) atoms. The average Bonchev–Trinajstić information content (AvgIpc) is 2.73. The van der Waals surface area contributed by atoms with E-state index in [1.165, 1.54) is 24.4 Å². The van der Waals surface area contributed by atoms with Gasteiger partial charge < -0.3 is 24.4 Å². The lowest BCUT2D eigenvalue weighted by Crippen LogP contribution is -2.30. The first kappa shape index (κ1) is 31.3. The van der Waals surface area contributed by atoms with Crippen molar-refractivity contribution in [2.24, 2.45) is 0 Å². The van der Waals surface area contributed by atoms with Crippen molar-refractivity contribution in [2.75, 3.05) is 32.6 Å². The molecule has 2 unspecified atom stereocenters. The fraction of sp³-hybridized carbons (Fsp3) is 0.417. The van der Waals surface area contributed by atoms with Crippen molar-refractivity contribution < 1.29 is 32.2 Å². The Morgan fingerprint density at radius 2 is 1.86 bits per heavy atom. The average molecular weight is 552 g/mol. The molecule has 12 heteroatoms. The summed E-state index contributed by atoms with van der Waals surface area (Å²) in [5.74, 6) is -0.978. The van der Waals surface area contributed by atoms with Gasteiger partial charge in [0.1, 0.15) is 11.9 Å². The van der Waals surface area contributed by atoms with Gasteiger partial charge in [0.2, 0.25) is 5.88 Å². The summed E-state index contributed by atoms with van der Waals surface area (Å²) >= 11 is 0. The Labute approximate surface area is 220 Å². The van der Waals surface area contributed by atoms with Crippen LogP contribution in [-0.2, 0) is 15.7 Å². The third-order valence-corrected chi connectivity index (χ3v) is 5.16. The standard InChI is InChI=1S/C24H28F3N3O4.2ClH/c1-6-32-23(31)34-21-15(3)29-18-11-12-28-22(33-14(2)13-30(4)5)20(18)19(21)16-9-7-8-10-17(16)24(25,26)27;;/h7-12,14,19,29H,6,13H2,1-5H3;2*1H. The van der Waals surface area contributed by atoms with E-state index < -0.39 is 23.8 Å². The number of nitrogens with one attached hydrogen (secondary N) is 1. The van der Waals surface area contributed by atoms with Crippen LogP contribution in [0.25, 0.3) is 0 Å². The number of likely N-dealkylation sites (N-methyl/N-ethyl adjacent to an activating group) is 1. The van der Waals surface area contributed by atoms with E-state index in [1.54, 1.807) is 19.9 Å². The molecule has 200 valence electrons. The molecule has 3 rings (SSSR count). The molecule has 0 radical (unpaired) electrons. The number of ether oxygens (including phenoxy) is 3. The van der Waals surface area contributed by atoms with Gasteiger partial charge in [-0.25, -0.2) is 9.78 Å². The monoisotopic (exact) mass is 551 g/mol. The van der Waals surface area contributed by atoms with Crippen molar-refractivity contribution in [1.82, 2.24) is 9.88 Å². The second kappa shape index (κ2) is 13.0. The Morgan fingerprint density at radius 3 is 2.47 bits per heavy atom. The third kappa shape index (κ3) is 7.18. The normalized spacial score (nSPS) is 15.6. The number of anilines is 1. The van der Waals surface area contributed by atoms with Gasteiger partial charge in [0.05, 0.1) is 29.3 Å². The molecule has 1 aromatic carbocycles. The highest BCUT2D eigenvalue weighted by Gasteiger charge is 2.41. The summed E-state index contributed by atoms with van der Waals surface area (Å²) in [6.07, 6.45) is -4.44. The predicted octanol–water partition coefficient (Wildman–Crippen LogP) is 6.23. The van der Waals surface area contributed by atoms with Crippen LogP contribution in [0, 0.1) is 0 Å². The highest BCUT2D eigenvalue weighted by Crippen LogP contribution is 2.49. The molecule has 7 nitrogen and oxygen atoms in total. The molecule has 0 saturated carbocycles. The zero-order valence-electron chi connectivity index (χ0n) is 20.5. The zero-order valence-corrected chi connectivity index (χ0v) is 22.1. The number of rotatable bonds is 7. The lowest BCUT2D eigenvalue weighted by molar-refractivity contribution is -0.138. The molecule has 2 atom stereocenters. The molecule has 1 aliphatic rings. The number of carbonyl (C=O) groups is 1. The van der Waals surface area contributed by atoms with E-state index in [0.717, 1.165) is 6.07 Å². The fourth-order valence-electron chi connectivity index (χ4n) is 3.97. The number of hydrogen-bond acceptors (Lipinski definition) is 7. The van der Waals surface area contributed by atoms with Gasteiger partial charge in [-0.05, 0) is 52.6 Å². The second-order valence-electron chi connectivity index (χ2n) is 8.19. The molecule has 0 aliphatic carbocycles. The van der Waals surface area contributed by atoms with Gasteiger partial charge in [-0.1, -0.05) is 18.2 Å². The summed E-state index contributed by atoms with van der Waals surface area (Å²) in [5.41, 5.74) is 0.296. The van der Waals surface area contributed by atoms with Crippen molar-refractivity contribution in [3.8, 4) is 5.88 Å². The number of carbonyl (C=O) groups excluding carboxylic acids is 1. The van der Waals surface area contributed by atoms with Gasteiger partial charge in [0, 0.05) is 18.4 Å². The summed E-state index contributed by atoms with van der Waals surface area (Å²) in [6.45, 7) is 5.68. The molecule has 0 amide bonds. The Bertz CT molecular complexity index is 1080. The van der Waals surface area contributed by atoms with E-state index in [4.69, 9.17) is 14.2 Å². The second-order valence-corrected chi connectivity index (χ2v) is 8.19. The van der Waals surface area contributed by atoms with E-state index >= 15 is 0 Å². The molecule has 0 saturated heterocycles. The first-order chi connectivity index (χ1) is 16.0. The van der Waals surface area contributed by atoms with Crippen LogP contribution in [0.1, 0.15) is 43.4 Å². The van der Waals surface area contributed by atoms with Crippen LogP contribution in [0.2, 0.25) is 0 Å². The van der Waals surface area contributed by atoms with E-state index in [1.807, 2.05) is 25.9 Å². The van der Waals surface area contributed by atoms with Crippen molar-refractivity contribution in [3.63, 3.8) is 0 Å². The van der Waals surface area contributed by atoms with Crippen LogP contribution in [0.3, 0.4) is 0 Å². The van der Waals surface area contributed by atoms with Gasteiger partial charge >= 0.3 is 12.3 Å². The minimum Gasteiger partial charge on any atom is -0.473 e. The summed E-state index contributed by atoms with van der Waals surface area (Å²) in [4.78, 5) is 18.5. The smallest absolute Gasteiger partial charge is 0.473 e. The first-order valence-electron chi connectivity index (χ1n) is 10.8. The molecule has 0 spiro atoms. The van der Waals surface area contributed by atoms with Crippen LogP contribution in [-0.4, -0.2) is 49.4 Å². The summed E-state index contributed by atoms with van der Waals surface area (Å²) in [7, 11) is 3.77. The van der Waals surface area contributed by atoms with Crippen molar-refractivity contribution >= 4 is 36.7 Å². The maximum atomic E-state index is 14.0. The van der Waals surface area contributed by atoms with Gasteiger partial charge in [0.15, 0.2) is 0 Å². The lowest BCUT2D eigenvalue weighted by atomic mass is 9.83. The van der Waals surface area contributed by atoms with Crippen LogP contribution in [0.4, 0.5) is 23.7 Å². The predicted molar refractivity (Wildman–Crippen MR) is 135 cm³/mol. The third-order valence-electron chi connectivity index (χ3n) is 5.16. The number of hydrogen-bond donors (Lipinski definition) is 1. The molecule has 0 fully saturated rings. The number of benzene rings is 1. The Balaban J connectivity index is 0.00000324. The SMILES string of the molecule is CCOC(=O)OC1=C(C)Nc2ccnc(OC(C)CN(C)C)c2C1c1ccccc1C(F)(F)F.Cl.Cl. The molecule has 0 bridgehead atoms. The topological polar surface area (TPSA) is 72.9 Å². The zero-order chi connectivity index (χ0) is 25.0. The molecular weight excluding hydrogens is 522 g/mol. The molecule has 2 heterocycles. The van der Waals surface area contributed by atoms with Crippen molar-refractivity contribution in [3.05, 3.63) is 64.7 Å². The largest absolute Gasteiger partial charge is 0.513 e. The van der Waals surface area contributed by atoms with Gasteiger partial charge in [-0.3, -0.25) is 0 Å². The Kier molecular flexibility index (Phi) is 11.3. The van der Waals surface area contributed by atoms with E-state index in [0.29, 0.717) is 23.5 Å². The maximum absolute atomic E-state index is 14.0. The van der Waals surface area contributed by atoms with Crippen molar-refractivity contribution in [1.29, 1.82) is 0 Å². The number of alkyl halides is 3. The fourth-order valence-corrected chi connectivity index (χ4v) is 3.97. The van der Waals surface area contributed by atoms with E-state index in [9.17, 15) is 18.0 Å². The number of pyridine rings is 1. The van der Waals surface area contributed by atoms with Gasteiger partial charge in [-0.2, -0.15) is 13.2 Å². The molecule has 1 aromatic heterocycles. The van der Waals surface area contributed by atoms with Crippen LogP contribution < -0.4 is 10.1 Å². The number of allylic oxidation sites excluding steroid dienone is 2. The Morgan fingerprint density at radius 1 is 1.19 bits per heavy atom. The summed E-state index contributed by atoms with van der Waals surface area (Å²) in [6, 6.07) is 6.84. The number of aromatic nitrogens is 1. The summed E-state index contributed by atoms with van der Waals surface area (Å²) in [5, 5.41) is 3.10. The Hall–Kier alpha value is -2.69. The molecule has 1 aliphatic heterocycles. The highest BCUT2D eigenvalue weighted by atomic mass is 35.5. The number of halogens is 5. The van der Waals surface area contributed by atoms with E-state index in [2.05, 4.69) is 10.3 Å². The lowest BCUT2D eigenvalue weighted by Gasteiger charge is -2.32.